The fraction of sp³-hybridized carbons (Fsp3) is 0.294. The topological polar surface area (TPSA) is 12.0 Å². The number of benzene rings is 2. The second-order valence-electron chi connectivity index (χ2n) is 5.43. The van der Waals surface area contributed by atoms with Gasteiger partial charge in [-0.1, -0.05) is 54.4 Å². The lowest BCUT2D eigenvalue weighted by Crippen LogP contribution is -2.19. The maximum Gasteiger partial charge on any atom is 0.0652 e. The highest BCUT2D eigenvalue weighted by Gasteiger charge is 2.24. The van der Waals surface area contributed by atoms with Crippen LogP contribution in [0.3, 0.4) is 0 Å². The van der Waals surface area contributed by atoms with Crippen LogP contribution >= 0.6 is 23.2 Å². The van der Waals surface area contributed by atoms with Crippen LogP contribution in [0.5, 0.6) is 0 Å². The minimum atomic E-state index is 0.320. The summed E-state index contributed by atoms with van der Waals surface area (Å²) in [5, 5.41) is 4.90. The van der Waals surface area contributed by atoms with Gasteiger partial charge in [-0.2, -0.15) is 0 Å². The molecule has 3 rings (SSSR count). The lowest BCUT2D eigenvalue weighted by Gasteiger charge is -2.31. The number of rotatable bonds is 2. The highest BCUT2D eigenvalue weighted by molar-refractivity contribution is 6.36. The molecule has 3 heteroatoms. The highest BCUT2D eigenvalue weighted by Crippen LogP contribution is 2.39. The Bertz CT molecular complexity index is 624. The van der Waals surface area contributed by atoms with Gasteiger partial charge < -0.3 is 5.32 Å². The van der Waals surface area contributed by atoms with Crippen LogP contribution in [0.4, 0.5) is 5.69 Å². The third-order valence-electron chi connectivity index (χ3n) is 4.05. The fourth-order valence-corrected chi connectivity index (χ4v) is 3.41. The van der Waals surface area contributed by atoms with Crippen LogP contribution in [0.25, 0.3) is 0 Å². The molecule has 0 aliphatic heterocycles. The van der Waals surface area contributed by atoms with E-state index in [9.17, 15) is 0 Å². The van der Waals surface area contributed by atoms with Gasteiger partial charge in [0.25, 0.3) is 0 Å². The Morgan fingerprint density at radius 2 is 1.75 bits per heavy atom. The number of halogens is 2. The molecule has 2 aromatic rings. The largest absolute Gasteiger partial charge is 0.377 e. The molecule has 0 amide bonds. The van der Waals surface area contributed by atoms with Crippen molar-refractivity contribution < 1.29 is 0 Å². The smallest absolute Gasteiger partial charge is 0.0652 e. The Balaban J connectivity index is 1.90. The molecule has 2 unspecified atom stereocenters. The molecule has 0 spiro atoms. The molecule has 0 aromatic heterocycles. The lowest BCUT2D eigenvalue weighted by atomic mass is 9.81. The van der Waals surface area contributed by atoms with Crippen molar-refractivity contribution in [1.29, 1.82) is 0 Å². The first-order valence-electron chi connectivity index (χ1n) is 6.95. The molecule has 104 valence electrons. The number of hydrogen-bond donors (Lipinski definition) is 1. The molecule has 20 heavy (non-hydrogen) atoms. The first-order valence-corrected chi connectivity index (χ1v) is 7.71. The van der Waals surface area contributed by atoms with Crippen LogP contribution in [0.1, 0.15) is 42.9 Å². The minimum absolute atomic E-state index is 0.320. The van der Waals surface area contributed by atoms with Gasteiger partial charge in [0.05, 0.1) is 16.8 Å². The molecule has 0 fully saturated rings. The average molecular weight is 306 g/mol. The van der Waals surface area contributed by atoms with Crippen LogP contribution in [0, 0.1) is 0 Å². The van der Waals surface area contributed by atoms with Crippen LogP contribution in [-0.2, 0) is 0 Å². The molecule has 1 nitrogen and oxygen atoms in total. The fourth-order valence-electron chi connectivity index (χ4n) is 2.95. The van der Waals surface area contributed by atoms with Gasteiger partial charge in [0, 0.05) is 5.02 Å². The number of nitrogens with one attached hydrogen (secondary N) is 1. The maximum absolute atomic E-state index is 6.26. The predicted octanol–water partition coefficient (Wildman–Crippen LogP) is 6.04. The summed E-state index contributed by atoms with van der Waals surface area (Å²) in [7, 11) is 0. The zero-order valence-electron chi connectivity index (χ0n) is 11.4. The summed E-state index contributed by atoms with van der Waals surface area (Å²) in [6, 6.07) is 14.6. The summed E-state index contributed by atoms with van der Waals surface area (Å²) in [6.07, 6.45) is 2.32. The van der Waals surface area contributed by atoms with Gasteiger partial charge in [-0.15, -0.1) is 0 Å². The van der Waals surface area contributed by atoms with Gasteiger partial charge in [0.2, 0.25) is 0 Å². The SMILES string of the molecule is CC1CCC(Nc2ccc(Cl)cc2Cl)c2ccccc21. The molecule has 0 saturated carbocycles. The van der Waals surface area contributed by atoms with Gasteiger partial charge >= 0.3 is 0 Å². The molecule has 1 aliphatic rings. The van der Waals surface area contributed by atoms with Crippen LogP contribution in [0.2, 0.25) is 10.0 Å². The Labute approximate surface area is 129 Å². The molecule has 0 radical (unpaired) electrons. The van der Waals surface area contributed by atoms with E-state index in [4.69, 9.17) is 23.2 Å². The summed E-state index contributed by atoms with van der Waals surface area (Å²) in [5.41, 5.74) is 3.78. The lowest BCUT2D eigenvalue weighted by molar-refractivity contribution is 0.535. The van der Waals surface area contributed by atoms with E-state index in [2.05, 4.69) is 36.5 Å². The van der Waals surface area contributed by atoms with Gasteiger partial charge in [-0.25, -0.2) is 0 Å². The molecule has 0 heterocycles. The van der Waals surface area contributed by atoms with Crippen molar-refractivity contribution >= 4 is 28.9 Å². The summed E-state index contributed by atoms with van der Waals surface area (Å²) in [6.45, 7) is 2.30. The second kappa shape index (κ2) is 5.67. The monoisotopic (exact) mass is 305 g/mol. The third-order valence-corrected chi connectivity index (χ3v) is 4.60. The van der Waals surface area contributed by atoms with Gasteiger partial charge in [0.15, 0.2) is 0 Å². The van der Waals surface area contributed by atoms with E-state index in [-0.39, 0.29) is 0 Å². The highest BCUT2D eigenvalue weighted by atomic mass is 35.5. The normalized spacial score (nSPS) is 21.4. The second-order valence-corrected chi connectivity index (χ2v) is 6.27. The first kappa shape index (κ1) is 13.8. The molecular formula is C17H17Cl2N. The quantitative estimate of drug-likeness (QED) is 0.712. The Morgan fingerprint density at radius 1 is 1.00 bits per heavy atom. The molecule has 0 bridgehead atoms. The molecule has 1 aliphatic carbocycles. The van der Waals surface area contributed by atoms with Crippen molar-refractivity contribution in [3.05, 3.63) is 63.6 Å². The van der Waals surface area contributed by atoms with Crippen molar-refractivity contribution in [3.8, 4) is 0 Å². The average Bonchev–Trinajstić information content (AvgIpc) is 2.45. The Kier molecular flexibility index (Phi) is 3.91. The number of hydrogen-bond acceptors (Lipinski definition) is 1. The summed E-state index contributed by atoms with van der Waals surface area (Å²) >= 11 is 12.2. The van der Waals surface area contributed by atoms with E-state index < -0.39 is 0 Å². The summed E-state index contributed by atoms with van der Waals surface area (Å²) in [5.74, 6) is 0.630. The third kappa shape index (κ3) is 2.65. The summed E-state index contributed by atoms with van der Waals surface area (Å²) < 4.78 is 0. The van der Waals surface area contributed by atoms with Gasteiger partial charge in [-0.3, -0.25) is 0 Å². The molecular weight excluding hydrogens is 289 g/mol. The van der Waals surface area contributed by atoms with Gasteiger partial charge in [0.1, 0.15) is 0 Å². The Hall–Kier alpha value is -1.18. The van der Waals surface area contributed by atoms with Crippen molar-refractivity contribution in [2.45, 2.75) is 31.7 Å². The predicted molar refractivity (Wildman–Crippen MR) is 86.9 cm³/mol. The molecule has 2 atom stereocenters. The van der Waals surface area contributed by atoms with E-state index in [0.717, 1.165) is 12.1 Å². The molecule has 0 saturated heterocycles. The van der Waals surface area contributed by atoms with Crippen LogP contribution in [-0.4, -0.2) is 0 Å². The van der Waals surface area contributed by atoms with Crippen molar-refractivity contribution in [1.82, 2.24) is 0 Å². The van der Waals surface area contributed by atoms with Gasteiger partial charge in [-0.05, 0) is 48.1 Å². The van der Waals surface area contributed by atoms with E-state index in [1.807, 2.05) is 12.1 Å². The van der Waals surface area contributed by atoms with Crippen LogP contribution in [0.15, 0.2) is 42.5 Å². The molecule has 1 N–H and O–H groups in total. The van der Waals surface area contributed by atoms with Crippen LogP contribution < -0.4 is 5.32 Å². The summed E-state index contributed by atoms with van der Waals surface area (Å²) in [4.78, 5) is 0. The van der Waals surface area contributed by atoms with Crippen molar-refractivity contribution in [3.63, 3.8) is 0 Å². The van der Waals surface area contributed by atoms with Crippen molar-refractivity contribution in [2.75, 3.05) is 5.32 Å². The van der Waals surface area contributed by atoms with E-state index in [1.54, 1.807) is 6.07 Å². The molecule has 2 aromatic carbocycles. The minimum Gasteiger partial charge on any atom is -0.377 e. The number of fused-ring (bicyclic) bond motifs is 1. The zero-order valence-corrected chi connectivity index (χ0v) is 12.9. The van der Waals surface area contributed by atoms with E-state index >= 15 is 0 Å². The standard InChI is InChI=1S/C17H17Cl2N/c1-11-6-8-16(14-5-3-2-4-13(11)14)20-17-9-7-12(18)10-15(17)19/h2-5,7,9-11,16,20H,6,8H2,1H3. The van der Waals surface area contributed by atoms with E-state index in [0.29, 0.717) is 22.0 Å². The van der Waals surface area contributed by atoms with Crippen molar-refractivity contribution in [2.24, 2.45) is 0 Å². The van der Waals surface area contributed by atoms with E-state index in [1.165, 1.54) is 17.5 Å². The first-order chi connectivity index (χ1) is 9.65. The Morgan fingerprint density at radius 3 is 2.50 bits per heavy atom. The number of anilines is 1. The maximum atomic E-state index is 6.26. The zero-order chi connectivity index (χ0) is 14.1.